The van der Waals surface area contributed by atoms with Crippen LogP contribution in [0.4, 0.5) is 18.9 Å². The van der Waals surface area contributed by atoms with Gasteiger partial charge in [-0.05, 0) is 30.0 Å². The summed E-state index contributed by atoms with van der Waals surface area (Å²) < 4.78 is 39.4. The number of amides is 2. The molecule has 1 saturated heterocycles. The van der Waals surface area contributed by atoms with Crippen molar-refractivity contribution < 1.29 is 22.8 Å². The molecular formula is C15H17F3N2O2. The second-order valence-corrected chi connectivity index (χ2v) is 5.60. The van der Waals surface area contributed by atoms with Crippen molar-refractivity contribution in [1.82, 2.24) is 5.32 Å². The van der Waals surface area contributed by atoms with Gasteiger partial charge in [0.05, 0.1) is 5.56 Å². The molecule has 1 aliphatic heterocycles. The van der Waals surface area contributed by atoms with E-state index in [1.165, 1.54) is 12.1 Å². The number of hydrogen-bond donors (Lipinski definition) is 2. The SMILES string of the molecule is CC(C)c1ccc(NC2CCC(=O)NC2=O)cc1C(F)(F)F. The predicted molar refractivity (Wildman–Crippen MR) is 75.3 cm³/mol. The largest absolute Gasteiger partial charge is 0.416 e. The average molecular weight is 314 g/mol. The maximum atomic E-state index is 13.1. The van der Waals surface area contributed by atoms with Crippen LogP contribution in [0.2, 0.25) is 0 Å². The van der Waals surface area contributed by atoms with Crippen LogP contribution in [-0.2, 0) is 15.8 Å². The van der Waals surface area contributed by atoms with Crippen LogP contribution in [0.3, 0.4) is 0 Å². The first-order chi connectivity index (χ1) is 10.2. The molecule has 1 aromatic rings. The Morgan fingerprint density at radius 1 is 1.27 bits per heavy atom. The second-order valence-electron chi connectivity index (χ2n) is 5.60. The minimum atomic E-state index is -4.46. The van der Waals surface area contributed by atoms with E-state index < -0.39 is 23.7 Å². The highest BCUT2D eigenvalue weighted by Gasteiger charge is 2.34. The lowest BCUT2D eigenvalue weighted by molar-refractivity contribution is -0.138. The summed E-state index contributed by atoms with van der Waals surface area (Å²) in [6, 6.07) is 3.25. The van der Waals surface area contributed by atoms with Crippen molar-refractivity contribution in [1.29, 1.82) is 0 Å². The quantitative estimate of drug-likeness (QED) is 0.843. The molecular weight excluding hydrogens is 297 g/mol. The first-order valence-electron chi connectivity index (χ1n) is 7.00. The molecule has 1 aromatic carbocycles. The van der Waals surface area contributed by atoms with Crippen LogP contribution >= 0.6 is 0 Å². The summed E-state index contributed by atoms with van der Waals surface area (Å²) in [5.41, 5.74) is -0.285. The van der Waals surface area contributed by atoms with Gasteiger partial charge in [-0.25, -0.2) is 0 Å². The van der Waals surface area contributed by atoms with E-state index in [2.05, 4.69) is 10.6 Å². The molecule has 0 bridgehead atoms. The third-order valence-corrected chi connectivity index (χ3v) is 3.56. The number of benzene rings is 1. The number of imide groups is 1. The summed E-state index contributed by atoms with van der Waals surface area (Å²) in [7, 11) is 0. The van der Waals surface area contributed by atoms with Gasteiger partial charge in [-0.2, -0.15) is 13.2 Å². The van der Waals surface area contributed by atoms with Crippen LogP contribution in [0.5, 0.6) is 0 Å². The van der Waals surface area contributed by atoms with E-state index in [0.29, 0.717) is 0 Å². The molecule has 7 heteroatoms. The van der Waals surface area contributed by atoms with Gasteiger partial charge in [0.15, 0.2) is 0 Å². The molecule has 2 rings (SSSR count). The van der Waals surface area contributed by atoms with E-state index >= 15 is 0 Å². The molecule has 1 heterocycles. The number of hydrogen-bond acceptors (Lipinski definition) is 3. The fraction of sp³-hybridized carbons (Fsp3) is 0.467. The van der Waals surface area contributed by atoms with Crippen LogP contribution in [0.1, 0.15) is 43.7 Å². The van der Waals surface area contributed by atoms with Crippen molar-refractivity contribution in [2.45, 2.75) is 44.8 Å². The number of carbonyl (C=O) groups is 2. The third kappa shape index (κ3) is 3.58. The fourth-order valence-electron chi connectivity index (χ4n) is 2.43. The van der Waals surface area contributed by atoms with Crippen LogP contribution < -0.4 is 10.6 Å². The Bertz CT molecular complexity index is 597. The zero-order valence-corrected chi connectivity index (χ0v) is 12.3. The van der Waals surface area contributed by atoms with E-state index in [9.17, 15) is 22.8 Å². The molecule has 0 saturated carbocycles. The van der Waals surface area contributed by atoms with Gasteiger partial charge >= 0.3 is 6.18 Å². The molecule has 2 N–H and O–H groups in total. The third-order valence-electron chi connectivity index (χ3n) is 3.56. The molecule has 0 radical (unpaired) electrons. The lowest BCUT2D eigenvalue weighted by atomic mass is 9.96. The molecule has 1 unspecified atom stereocenters. The Hall–Kier alpha value is -2.05. The number of rotatable bonds is 3. The van der Waals surface area contributed by atoms with E-state index in [1.807, 2.05) is 0 Å². The van der Waals surface area contributed by atoms with Crippen molar-refractivity contribution in [2.75, 3.05) is 5.32 Å². The summed E-state index contributed by atoms with van der Waals surface area (Å²) in [6.07, 6.45) is -4.03. The molecule has 0 spiro atoms. The minimum Gasteiger partial charge on any atom is -0.374 e. The summed E-state index contributed by atoms with van der Waals surface area (Å²) in [6.45, 7) is 3.38. The van der Waals surface area contributed by atoms with Gasteiger partial charge < -0.3 is 5.32 Å². The number of alkyl halides is 3. The standard InChI is InChI=1S/C15H17F3N2O2/c1-8(2)10-4-3-9(7-11(10)15(16,17)18)19-12-5-6-13(21)20-14(12)22/h3-4,7-8,12,19H,5-6H2,1-2H3,(H,20,21,22). The van der Waals surface area contributed by atoms with Crippen LogP contribution in [0.25, 0.3) is 0 Å². The maximum absolute atomic E-state index is 13.1. The zero-order valence-electron chi connectivity index (χ0n) is 12.3. The number of halogens is 3. The Morgan fingerprint density at radius 2 is 1.95 bits per heavy atom. The summed E-state index contributed by atoms with van der Waals surface area (Å²) in [5, 5.41) is 4.93. The minimum absolute atomic E-state index is 0.166. The van der Waals surface area contributed by atoms with Crippen LogP contribution in [0, 0.1) is 0 Å². The van der Waals surface area contributed by atoms with Gasteiger partial charge in [-0.15, -0.1) is 0 Å². The van der Waals surface area contributed by atoms with Gasteiger partial charge in [-0.1, -0.05) is 19.9 Å². The van der Waals surface area contributed by atoms with E-state index in [-0.39, 0.29) is 35.9 Å². The Kier molecular flexibility index (Phi) is 4.44. The number of carbonyl (C=O) groups excluding carboxylic acids is 2. The van der Waals surface area contributed by atoms with E-state index in [1.54, 1.807) is 13.8 Å². The molecule has 1 atom stereocenters. The van der Waals surface area contributed by atoms with Gasteiger partial charge in [0, 0.05) is 12.1 Å². The average Bonchev–Trinajstić information content (AvgIpc) is 2.40. The van der Waals surface area contributed by atoms with E-state index in [4.69, 9.17) is 0 Å². The van der Waals surface area contributed by atoms with E-state index in [0.717, 1.165) is 6.07 Å². The fourth-order valence-corrected chi connectivity index (χ4v) is 2.43. The molecule has 0 aromatic heterocycles. The second kappa shape index (κ2) is 5.98. The molecule has 4 nitrogen and oxygen atoms in total. The molecule has 120 valence electrons. The monoisotopic (exact) mass is 314 g/mol. The Labute approximate surface area is 126 Å². The Morgan fingerprint density at radius 3 is 2.50 bits per heavy atom. The van der Waals surface area contributed by atoms with Crippen molar-refractivity contribution >= 4 is 17.5 Å². The molecule has 1 fully saturated rings. The van der Waals surface area contributed by atoms with Crippen LogP contribution in [-0.4, -0.2) is 17.9 Å². The predicted octanol–water partition coefficient (Wildman–Crippen LogP) is 3.05. The topological polar surface area (TPSA) is 58.2 Å². The summed E-state index contributed by atoms with van der Waals surface area (Å²) in [4.78, 5) is 22.7. The molecule has 2 amide bonds. The van der Waals surface area contributed by atoms with Gasteiger partial charge in [0.1, 0.15) is 6.04 Å². The van der Waals surface area contributed by atoms with Gasteiger partial charge in [0.25, 0.3) is 0 Å². The first-order valence-corrected chi connectivity index (χ1v) is 7.00. The van der Waals surface area contributed by atoms with Gasteiger partial charge in [0.2, 0.25) is 11.8 Å². The highest BCUT2D eigenvalue weighted by atomic mass is 19.4. The zero-order chi connectivity index (χ0) is 16.5. The lowest BCUT2D eigenvalue weighted by Crippen LogP contribution is -2.47. The lowest BCUT2D eigenvalue weighted by Gasteiger charge is -2.24. The van der Waals surface area contributed by atoms with Crippen molar-refractivity contribution in [3.8, 4) is 0 Å². The summed E-state index contributed by atoms with van der Waals surface area (Å²) in [5.74, 6) is -1.15. The normalized spacial score (nSPS) is 19.3. The molecule has 0 aliphatic carbocycles. The molecule has 22 heavy (non-hydrogen) atoms. The van der Waals surface area contributed by atoms with Crippen molar-refractivity contribution in [3.63, 3.8) is 0 Å². The van der Waals surface area contributed by atoms with Crippen molar-refractivity contribution in [2.24, 2.45) is 0 Å². The maximum Gasteiger partial charge on any atom is 0.416 e. The number of piperidine rings is 1. The van der Waals surface area contributed by atoms with Crippen LogP contribution in [0.15, 0.2) is 18.2 Å². The summed E-state index contributed by atoms with van der Waals surface area (Å²) >= 11 is 0. The van der Waals surface area contributed by atoms with Crippen molar-refractivity contribution in [3.05, 3.63) is 29.3 Å². The Balaban J connectivity index is 2.26. The van der Waals surface area contributed by atoms with Gasteiger partial charge in [-0.3, -0.25) is 14.9 Å². The highest BCUT2D eigenvalue weighted by Crippen LogP contribution is 2.37. The number of anilines is 1. The molecule has 1 aliphatic rings. The number of nitrogens with one attached hydrogen (secondary N) is 2. The highest BCUT2D eigenvalue weighted by molar-refractivity contribution is 6.01. The smallest absolute Gasteiger partial charge is 0.374 e. The first kappa shape index (κ1) is 16.3.